The molecule has 0 fully saturated rings. The number of nitrogens with zero attached hydrogens (tertiary/aromatic N) is 3. The van der Waals surface area contributed by atoms with Crippen molar-refractivity contribution in [2.24, 2.45) is 0 Å². The maximum Gasteiger partial charge on any atom is 0.312 e. The fraction of sp³-hybridized carbons (Fsp3) is 0.727. The van der Waals surface area contributed by atoms with E-state index in [1.54, 1.807) is 18.5 Å². The molecule has 0 bridgehead atoms. The van der Waals surface area contributed by atoms with E-state index in [-0.39, 0.29) is 12.4 Å². The van der Waals surface area contributed by atoms with Crippen molar-refractivity contribution in [2.75, 3.05) is 6.61 Å². The molecule has 0 spiro atoms. The van der Waals surface area contributed by atoms with E-state index in [4.69, 9.17) is 4.74 Å². The van der Waals surface area contributed by atoms with E-state index < -0.39 is 13.0 Å². The van der Waals surface area contributed by atoms with Crippen molar-refractivity contribution in [1.29, 1.82) is 0 Å². The molecule has 18 heavy (non-hydrogen) atoms. The first-order valence-corrected chi connectivity index (χ1v) is 9.69. The van der Waals surface area contributed by atoms with Crippen molar-refractivity contribution in [3.05, 3.63) is 21.5 Å². The molecular formula is C11H21N3O3Si. The van der Waals surface area contributed by atoms with Crippen molar-refractivity contribution in [3.63, 3.8) is 0 Å². The van der Waals surface area contributed by atoms with E-state index in [1.165, 1.54) is 0 Å². The monoisotopic (exact) mass is 271 g/mol. The quantitative estimate of drug-likeness (QED) is 0.345. The average Bonchev–Trinajstić information content (AvgIpc) is 2.47. The molecular weight excluding hydrogens is 250 g/mol. The SMILES string of the molecule is Cc1nn(COCC[Si](C)(C)C)c(C)c1[N+](=O)[O-]. The van der Waals surface area contributed by atoms with E-state index in [0.717, 1.165) is 6.04 Å². The first-order chi connectivity index (χ1) is 8.22. The highest BCUT2D eigenvalue weighted by atomic mass is 28.3. The second-order valence-corrected chi connectivity index (χ2v) is 11.2. The number of rotatable bonds is 6. The lowest BCUT2D eigenvalue weighted by Crippen LogP contribution is -2.22. The first-order valence-electron chi connectivity index (χ1n) is 5.98. The Labute approximate surface area is 108 Å². The number of hydrogen-bond acceptors (Lipinski definition) is 4. The molecule has 0 atom stereocenters. The molecule has 0 aliphatic carbocycles. The van der Waals surface area contributed by atoms with Gasteiger partial charge in [0.15, 0.2) is 0 Å². The summed E-state index contributed by atoms with van der Waals surface area (Å²) in [5, 5.41) is 15.0. The molecule has 0 unspecified atom stereocenters. The minimum atomic E-state index is -1.10. The van der Waals surface area contributed by atoms with Gasteiger partial charge in [-0.25, -0.2) is 4.68 Å². The van der Waals surface area contributed by atoms with Gasteiger partial charge < -0.3 is 4.74 Å². The molecule has 1 aromatic rings. The fourth-order valence-electron chi connectivity index (χ4n) is 1.61. The highest BCUT2D eigenvalue weighted by Crippen LogP contribution is 2.21. The van der Waals surface area contributed by atoms with Crippen LogP contribution in [0.25, 0.3) is 0 Å². The van der Waals surface area contributed by atoms with Gasteiger partial charge in [-0.2, -0.15) is 5.10 Å². The Morgan fingerprint density at radius 2 is 2.00 bits per heavy atom. The number of nitro groups is 1. The van der Waals surface area contributed by atoms with Crippen LogP contribution >= 0.6 is 0 Å². The molecule has 0 radical (unpaired) electrons. The Bertz CT molecular complexity index is 437. The number of hydrogen-bond donors (Lipinski definition) is 0. The third-order valence-electron chi connectivity index (χ3n) is 2.74. The Balaban J connectivity index is 2.59. The van der Waals surface area contributed by atoms with Crippen molar-refractivity contribution < 1.29 is 9.66 Å². The summed E-state index contributed by atoms with van der Waals surface area (Å²) >= 11 is 0. The van der Waals surface area contributed by atoms with Crippen LogP contribution in [-0.4, -0.2) is 29.4 Å². The van der Waals surface area contributed by atoms with Gasteiger partial charge in [-0.05, 0) is 19.9 Å². The summed E-state index contributed by atoms with van der Waals surface area (Å²) in [5.74, 6) is 0. The van der Waals surface area contributed by atoms with E-state index in [2.05, 4.69) is 24.7 Å². The predicted molar refractivity (Wildman–Crippen MR) is 72.5 cm³/mol. The molecule has 1 aromatic heterocycles. The van der Waals surface area contributed by atoms with E-state index in [0.29, 0.717) is 18.0 Å². The van der Waals surface area contributed by atoms with Crippen LogP contribution in [0.15, 0.2) is 0 Å². The first kappa shape index (κ1) is 14.8. The Hall–Kier alpha value is -1.21. The molecule has 0 aromatic carbocycles. The van der Waals surface area contributed by atoms with Gasteiger partial charge >= 0.3 is 5.69 Å². The van der Waals surface area contributed by atoms with Gasteiger partial charge in [0, 0.05) is 14.7 Å². The van der Waals surface area contributed by atoms with Gasteiger partial charge in [0.25, 0.3) is 0 Å². The number of aromatic nitrogens is 2. The minimum Gasteiger partial charge on any atom is -0.360 e. The Morgan fingerprint density at radius 3 is 2.44 bits per heavy atom. The van der Waals surface area contributed by atoms with E-state index >= 15 is 0 Å². The van der Waals surface area contributed by atoms with Crippen molar-refractivity contribution in [2.45, 2.75) is 46.3 Å². The fourth-order valence-corrected chi connectivity index (χ4v) is 2.36. The second-order valence-electron chi connectivity index (χ2n) is 5.62. The number of aryl methyl sites for hydroxylation is 1. The molecule has 0 saturated heterocycles. The maximum atomic E-state index is 10.8. The zero-order valence-electron chi connectivity index (χ0n) is 11.7. The lowest BCUT2D eigenvalue weighted by Gasteiger charge is -2.15. The van der Waals surface area contributed by atoms with Crippen molar-refractivity contribution >= 4 is 13.8 Å². The number of ether oxygens (including phenoxy) is 1. The largest absolute Gasteiger partial charge is 0.360 e. The van der Waals surface area contributed by atoms with E-state index in [1.807, 2.05) is 0 Å². The van der Waals surface area contributed by atoms with Crippen LogP contribution < -0.4 is 0 Å². The summed E-state index contributed by atoms with van der Waals surface area (Å²) in [6, 6.07) is 1.08. The zero-order chi connectivity index (χ0) is 13.9. The summed E-state index contributed by atoms with van der Waals surface area (Å²) in [7, 11) is -1.10. The summed E-state index contributed by atoms with van der Waals surface area (Å²) in [6.07, 6.45) is 0. The van der Waals surface area contributed by atoms with Gasteiger partial charge in [-0.1, -0.05) is 19.6 Å². The predicted octanol–water partition coefficient (Wildman–Crippen LogP) is 2.72. The Morgan fingerprint density at radius 1 is 1.39 bits per heavy atom. The van der Waals surface area contributed by atoms with Crippen LogP contribution in [0.3, 0.4) is 0 Å². The van der Waals surface area contributed by atoms with E-state index in [9.17, 15) is 10.1 Å². The van der Waals surface area contributed by atoms with Crippen LogP contribution in [0.2, 0.25) is 25.7 Å². The van der Waals surface area contributed by atoms with Crippen molar-refractivity contribution in [3.8, 4) is 0 Å². The van der Waals surface area contributed by atoms with Crippen LogP contribution in [0.5, 0.6) is 0 Å². The molecule has 102 valence electrons. The zero-order valence-corrected chi connectivity index (χ0v) is 12.7. The molecule has 6 nitrogen and oxygen atoms in total. The molecule has 7 heteroatoms. The normalized spacial score (nSPS) is 11.8. The van der Waals surface area contributed by atoms with Gasteiger partial charge in [0.2, 0.25) is 0 Å². The third-order valence-corrected chi connectivity index (χ3v) is 4.44. The summed E-state index contributed by atoms with van der Waals surface area (Å²) in [4.78, 5) is 10.4. The molecule has 1 heterocycles. The smallest absolute Gasteiger partial charge is 0.312 e. The standard InChI is InChI=1S/C11H21N3O3Si/c1-9-11(14(15)16)10(2)13(12-9)8-17-6-7-18(3,4)5/h6-8H2,1-5H3. The maximum absolute atomic E-state index is 10.8. The highest BCUT2D eigenvalue weighted by molar-refractivity contribution is 6.76. The van der Waals surface area contributed by atoms with Gasteiger partial charge in [-0.3, -0.25) is 10.1 Å². The summed E-state index contributed by atoms with van der Waals surface area (Å²) in [5.41, 5.74) is 1.07. The van der Waals surface area contributed by atoms with Crippen LogP contribution in [-0.2, 0) is 11.5 Å². The highest BCUT2D eigenvalue weighted by Gasteiger charge is 2.21. The lowest BCUT2D eigenvalue weighted by molar-refractivity contribution is -0.386. The third kappa shape index (κ3) is 3.92. The van der Waals surface area contributed by atoms with Crippen LogP contribution in [0.1, 0.15) is 11.4 Å². The van der Waals surface area contributed by atoms with Crippen LogP contribution in [0, 0.1) is 24.0 Å². The van der Waals surface area contributed by atoms with Gasteiger partial charge in [0.1, 0.15) is 18.1 Å². The van der Waals surface area contributed by atoms with Gasteiger partial charge in [-0.15, -0.1) is 0 Å². The molecule has 0 amide bonds. The van der Waals surface area contributed by atoms with Gasteiger partial charge in [0.05, 0.1) is 4.92 Å². The average molecular weight is 271 g/mol. The van der Waals surface area contributed by atoms with Crippen LogP contribution in [0.4, 0.5) is 5.69 Å². The lowest BCUT2D eigenvalue weighted by atomic mass is 10.3. The molecule has 0 aliphatic rings. The topological polar surface area (TPSA) is 70.2 Å². The summed E-state index contributed by atoms with van der Waals surface area (Å²) in [6.45, 7) is 11.1. The summed E-state index contributed by atoms with van der Waals surface area (Å²) < 4.78 is 7.09. The Kier molecular flexibility index (Phi) is 4.63. The molecule has 0 N–H and O–H groups in total. The molecule has 0 saturated carbocycles. The second kappa shape index (κ2) is 5.62. The molecule has 0 aliphatic heterocycles. The minimum absolute atomic E-state index is 0.0868. The molecule has 1 rings (SSSR count). The van der Waals surface area contributed by atoms with Crippen molar-refractivity contribution in [1.82, 2.24) is 9.78 Å².